The predicted molar refractivity (Wildman–Crippen MR) is 73.7 cm³/mol. The summed E-state index contributed by atoms with van der Waals surface area (Å²) in [5.74, 6) is -0.0266. The van der Waals surface area contributed by atoms with Gasteiger partial charge in [-0.15, -0.1) is 12.4 Å². The SMILES string of the molecule is CCCCCOCC(=O)NC[C@@H](C)NCC.Cl. The summed E-state index contributed by atoms with van der Waals surface area (Å²) in [6.07, 6.45) is 3.38. The standard InChI is InChI=1S/C12H26N2O2.ClH/c1-4-6-7-8-16-10-12(15)14-9-11(3)13-5-2;/h11,13H,4-10H2,1-3H3,(H,14,15);1H/t11-;/m1./s1. The fourth-order valence-corrected chi connectivity index (χ4v) is 1.36. The van der Waals surface area contributed by atoms with Gasteiger partial charge in [-0.3, -0.25) is 4.79 Å². The van der Waals surface area contributed by atoms with Crippen molar-refractivity contribution in [2.24, 2.45) is 0 Å². The van der Waals surface area contributed by atoms with E-state index in [0.29, 0.717) is 19.2 Å². The van der Waals surface area contributed by atoms with Gasteiger partial charge in [0.2, 0.25) is 5.91 Å². The molecule has 0 aromatic rings. The molecule has 0 heterocycles. The van der Waals surface area contributed by atoms with Gasteiger partial charge in [-0.1, -0.05) is 26.7 Å². The molecular formula is C12H27ClN2O2. The van der Waals surface area contributed by atoms with Crippen molar-refractivity contribution in [2.75, 3.05) is 26.3 Å². The van der Waals surface area contributed by atoms with E-state index in [1.807, 2.05) is 6.92 Å². The number of rotatable bonds is 10. The molecule has 0 aliphatic carbocycles. The highest BCUT2D eigenvalue weighted by atomic mass is 35.5. The van der Waals surface area contributed by atoms with E-state index in [9.17, 15) is 4.79 Å². The zero-order valence-corrected chi connectivity index (χ0v) is 12.1. The smallest absolute Gasteiger partial charge is 0.246 e. The molecule has 0 aromatic heterocycles. The zero-order chi connectivity index (χ0) is 12.2. The van der Waals surface area contributed by atoms with Gasteiger partial charge < -0.3 is 15.4 Å². The van der Waals surface area contributed by atoms with Crippen LogP contribution in [0.4, 0.5) is 0 Å². The minimum atomic E-state index is -0.0266. The maximum absolute atomic E-state index is 11.3. The molecule has 17 heavy (non-hydrogen) atoms. The second kappa shape index (κ2) is 13.7. The van der Waals surface area contributed by atoms with Crippen LogP contribution in [0, 0.1) is 0 Å². The lowest BCUT2D eigenvalue weighted by atomic mass is 10.3. The number of hydrogen-bond acceptors (Lipinski definition) is 3. The van der Waals surface area contributed by atoms with Crippen molar-refractivity contribution in [1.29, 1.82) is 0 Å². The second-order valence-corrected chi connectivity index (χ2v) is 4.02. The molecule has 0 spiro atoms. The van der Waals surface area contributed by atoms with Gasteiger partial charge in [0.15, 0.2) is 0 Å². The number of likely N-dealkylation sites (N-methyl/N-ethyl adjacent to an activating group) is 1. The third-order valence-electron chi connectivity index (χ3n) is 2.28. The molecule has 0 aromatic carbocycles. The van der Waals surface area contributed by atoms with Crippen LogP contribution >= 0.6 is 12.4 Å². The molecule has 0 aliphatic heterocycles. The first-order valence-corrected chi connectivity index (χ1v) is 6.28. The van der Waals surface area contributed by atoms with Gasteiger partial charge in [0.1, 0.15) is 6.61 Å². The fraction of sp³-hybridized carbons (Fsp3) is 0.917. The van der Waals surface area contributed by atoms with E-state index in [1.54, 1.807) is 0 Å². The number of carbonyl (C=O) groups excluding carboxylic acids is 1. The highest BCUT2D eigenvalue weighted by molar-refractivity contribution is 5.85. The molecule has 4 nitrogen and oxygen atoms in total. The molecule has 104 valence electrons. The first kappa shape index (κ1) is 19.0. The average Bonchev–Trinajstić information content (AvgIpc) is 2.26. The quantitative estimate of drug-likeness (QED) is 0.592. The van der Waals surface area contributed by atoms with Crippen molar-refractivity contribution < 1.29 is 9.53 Å². The van der Waals surface area contributed by atoms with Crippen LogP contribution in [0.3, 0.4) is 0 Å². The molecule has 2 N–H and O–H groups in total. The Balaban J connectivity index is 0. The Morgan fingerprint density at radius 3 is 2.59 bits per heavy atom. The Bertz CT molecular complexity index is 180. The molecule has 0 fully saturated rings. The molecule has 0 saturated heterocycles. The molecule has 0 saturated carbocycles. The van der Waals surface area contributed by atoms with Gasteiger partial charge in [0.05, 0.1) is 0 Å². The molecule has 0 radical (unpaired) electrons. The summed E-state index contributed by atoms with van der Waals surface area (Å²) in [7, 11) is 0. The number of unbranched alkanes of at least 4 members (excludes halogenated alkanes) is 2. The number of amides is 1. The topological polar surface area (TPSA) is 50.4 Å². The number of nitrogens with one attached hydrogen (secondary N) is 2. The Morgan fingerprint density at radius 2 is 2.00 bits per heavy atom. The summed E-state index contributed by atoms with van der Waals surface area (Å²) in [5.41, 5.74) is 0. The van der Waals surface area contributed by atoms with Crippen LogP contribution in [0.5, 0.6) is 0 Å². The van der Waals surface area contributed by atoms with Crippen LogP contribution in [0.1, 0.15) is 40.0 Å². The van der Waals surface area contributed by atoms with Gasteiger partial charge >= 0.3 is 0 Å². The van der Waals surface area contributed by atoms with Gasteiger partial charge in [0, 0.05) is 19.2 Å². The van der Waals surface area contributed by atoms with E-state index in [1.165, 1.54) is 12.8 Å². The lowest BCUT2D eigenvalue weighted by molar-refractivity contribution is -0.125. The highest BCUT2D eigenvalue weighted by Gasteiger charge is 2.03. The highest BCUT2D eigenvalue weighted by Crippen LogP contribution is 1.93. The lowest BCUT2D eigenvalue weighted by Crippen LogP contribution is -2.40. The first-order valence-electron chi connectivity index (χ1n) is 6.28. The third kappa shape index (κ3) is 13.6. The Kier molecular flexibility index (Phi) is 15.4. The minimum Gasteiger partial charge on any atom is -0.372 e. The molecule has 1 amide bonds. The molecule has 0 rings (SSSR count). The van der Waals surface area contributed by atoms with Gasteiger partial charge in [-0.05, 0) is 19.9 Å². The van der Waals surface area contributed by atoms with Gasteiger partial charge in [-0.25, -0.2) is 0 Å². The van der Waals surface area contributed by atoms with Crippen molar-refractivity contribution in [1.82, 2.24) is 10.6 Å². The van der Waals surface area contributed by atoms with Gasteiger partial charge in [-0.2, -0.15) is 0 Å². The third-order valence-corrected chi connectivity index (χ3v) is 2.28. The Labute approximate surface area is 111 Å². The number of hydrogen-bond donors (Lipinski definition) is 2. The monoisotopic (exact) mass is 266 g/mol. The van der Waals surface area contributed by atoms with Crippen LogP contribution < -0.4 is 10.6 Å². The predicted octanol–water partition coefficient (Wildman–Crippen LogP) is 1.73. The van der Waals surface area contributed by atoms with Gasteiger partial charge in [0.25, 0.3) is 0 Å². The summed E-state index contributed by atoms with van der Waals surface area (Å²) in [4.78, 5) is 11.3. The summed E-state index contributed by atoms with van der Waals surface area (Å²) in [5, 5.41) is 6.06. The van der Waals surface area contributed by atoms with E-state index in [4.69, 9.17) is 4.74 Å². The number of ether oxygens (including phenoxy) is 1. The summed E-state index contributed by atoms with van der Waals surface area (Å²) in [6, 6.07) is 0.314. The Hall–Kier alpha value is -0.320. The first-order chi connectivity index (χ1) is 7.70. The molecule has 0 bridgehead atoms. The number of halogens is 1. The second-order valence-electron chi connectivity index (χ2n) is 4.02. The van der Waals surface area contributed by atoms with Crippen LogP contribution in [-0.2, 0) is 9.53 Å². The minimum absolute atomic E-state index is 0. The van der Waals surface area contributed by atoms with E-state index in [0.717, 1.165) is 13.0 Å². The van der Waals surface area contributed by atoms with E-state index in [-0.39, 0.29) is 24.9 Å². The molecule has 0 aliphatic rings. The van der Waals surface area contributed by atoms with Crippen LogP contribution in [-0.4, -0.2) is 38.3 Å². The number of carbonyl (C=O) groups is 1. The van der Waals surface area contributed by atoms with Crippen molar-refractivity contribution in [3.8, 4) is 0 Å². The van der Waals surface area contributed by atoms with Crippen LogP contribution in [0.25, 0.3) is 0 Å². The normalized spacial score (nSPS) is 11.7. The average molecular weight is 267 g/mol. The zero-order valence-electron chi connectivity index (χ0n) is 11.3. The van der Waals surface area contributed by atoms with Crippen molar-refractivity contribution in [3.63, 3.8) is 0 Å². The van der Waals surface area contributed by atoms with Crippen LogP contribution in [0.2, 0.25) is 0 Å². The van der Waals surface area contributed by atoms with E-state index < -0.39 is 0 Å². The lowest BCUT2D eigenvalue weighted by Gasteiger charge is -2.13. The fourth-order valence-electron chi connectivity index (χ4n) is 1.36. The largest absolute Gasteiger partial charge is 0.372 e. The van der Waals surface area contributed by atoms with E-state index >= 15 is 0 Å². The summed E-state index contributed by atoms with van der Waals surface area (Å²) < 4.78 is 5.26. The van der Waals surface area contributed by atoms with Crippen molar-refractivity contribution in [2.45, 2.75) is 46.1 Å². The molecule has 0 unspecified atom stereocenters. The van der Waals surface area contributed by atoms with E-state index in [2.05, 4.69) is 24.5 Å². The maximum Gasteiger partial charge on any atom is 0.246 e. The Morgan fingerprint density at radius 1 is 1.29 bits per heavy atom. The molecule has 5 heteroatoms. The maximum atomic E-state index is 11.3. The van der Waals surface area contributed by atoms with Crippen LogP contribution in [0.15, 0.2) is 0 Å². The summed E-state index contributed by atoms with van der Waals surface area (Å²) >= 11 is 0. The van der Waals surface area contributed by atoms with Crippen molar-refractivity contribution in [3.05, 3.63) is 0 Å². The molecular weight excluding hydrogens is 240 g/mol. The molecule has 1 atom stereocenters. The van der Waals surface area contributed by atoms with Crippen molar-refractivity contribution >= 4 is 18.3 Å². The summed E-state index contributed by atoms with van der Waals surface area (Å²) in [6.45, 7) is 8.69.